The molecular weight excluding hydrogens is 488 g/mol. The van der Waals surface area contributed by atoms with E-state index < -0.39 is 11.4 Å². The fraction of sp³-hybridized carbons (Fsp3) is 0.900. The molecule has 4 saturated carbocycles. The highest BCUT2D eigenvalue weighted by atomic mass is 79.9. The molecule has 2 N–H and O–H groups in total. The van der Waals surface area contributed by atoms with Crippen molar-refractivity contribution in [3.05, 3.63) is 10.1 Å². The average Bonchev–Trinajstić information content (AvgIpc) is 2.72. The predicted octanol–water partition coefficient (Wildman–Crippen LogP) is 7.96. The lowest BCUT2D eigenvalue weighted by molar-refractivity contribution is -0.205. The maximum atomic E-state index is 12.8. The van der Waals surface area contributed by atoms with E-state index in [2.05, 4.69) is 64.4 Å². The van der Waals surface area contributed by atoms with Crippen molar-refractivity contribution in [3.8, 4) is 0 Å². The first kappa shape index (κ1) is 25.3. The third-order valence-corrected chi connectivity index (χ3v) is 13.8. The molecule has 4 heteroatoms. The monoisotopic (exact) mass is 534 g/mol. The molecule has 0 aliphatic heterocycles. The van der Waals surface area contributed by atoms with Gasteiger partial charge in [0.15, 0.2) is 0 Å². The van der Waals surface area contributed by atoms with Gasteiger partial charge in [0, 0.05) is 0 Å². The Morgan fingerprint density at radius 3 is 2.18 bits per heavy atom. The van der Waals surface area contributed by atoms with E-state index >= 15 is 0 Å². The molecule has 34 heavy (non-hydrogen) atoms. The molecule has 0 amide bonds. The fourth-order valence-corrected chi connectivity index (χ4v) is 11.7. The summed E-state index contributed by atoms with van der Waals surface area (Å²) in [5, 5.41) is 21.5. The number of carboxylic acid groups (broad SMARTS) is 1. The lowest BCUT2D eigenvalue weighted by Gasteiger charge is -2.71. The molecule has 0 spiro atoms. The third kappa shape index (κ3) is 2.99. The van der Waals surface area contributed by atoms with Crippen LogP contribution in [0.4, 0.5) is 0 Å². The van der Waals surface area contributed by atoms with Gasteiger partial charge in [-0.1, -0.05) is 64.4 Å². The van der Waals surface area contributed by atoms with Crippen molar-refractivity contribution in [2.24, 2.45) is 50.2 Å². The second-order valence-corrected chi connectivity index (χ2v) is 16.1. The van der Waals surface area contributed by atoms with Gasteiger partial charge in [0.05, 0.1) is 11.5 Å². The van der Waals surface area contributed by atoms with E-state index in [4.69, 9.17) is 0 Å². The molecule has 0 bridgehead atoms. The first-order chi connectivity index (χ1) is 15.6. The van der Waals surface area contributed by atoms with E-state index in [1.165, 1.54) is 22.9 Å². The Labute approximate surface area is 215 Å². The van der Waals surface area contributed by atoms with Gasteiger partial charge < -0.3 is 10.2 Å². The van der Waals surface area contributed by atoms with E-state index in [0.717, 1.165) is 51.4 Å². The van der Waals surface area contributed by atoms with Crippen LogP contribution in [0.25, 0.3) is 0 Å². The Bertz CT molecular complexity index is 935. The minimum Gasteiger partial charge on any atom is -0.481 e. The Morgan fingerprint density at radius 2 is 1.53 bits per heavy atom. The minimum atomic E-state index is -0.593. The van der Waals surface area contributed by atoms with Crippen molar-refractivity contribution >= 4 is 21.9 Å². The maximum absolute atomic E-state index is 12.8. The Kier molecular flexibility index (Phi) is 5.48. The lowest BCUT2D eigenvalue weighted by atomic mass is 9.33. The number of allylic oxidation sites excluding steroid dienone is 2. The van der Waals surface area contributed by atoms with Crippen LogP contribution >= 0.6 is 15.9 Å². The summed E-state index contributed by atoms with van der Waals surface area (Å²) in [6.45, 7) is 16.9. The molecule has 0 aromatic heterocycles. The zero-order valence-corrected chi connectivity index (χ0v) is 24.1. The molecular formula is C30H47BrO3. The summed E-state index contributed by atoms with van der Waals surface area (Å²) in [5.74, 6) is 0.661. The minimum absolute atomic E-state index is 0.0278. The van der Waals surface area contributed by atoms with Crippen LogP contribution in [0.1, 0.15) is 113 Å². The van der Waals surface area contributed by atoms with Gasteiger partial charge in [0.1, 0.15) is 0 Å². The molecule has 4 fully saturated rings. The summed E-state index contributed by atoms with van der Waals surface area (Å²) in [6, 6.07) is 0. The van der Waals surface area contributed by atoms with Gasteiger partial charge in [-0.3, -0.25) is 4.79 Å². The number of hydrogen-bond acceptors (Lipinski definition) is 2. The van der Waals surface area contributed by atoms with Gasteiger partial charge in [-0.15, -0.1) is 0 Å². The fourth-order valence-electron chi connectivity index (χ4n) is 10.6. The van der Waals surface area contributed by atoms with Crippen LogP contribution in [-0.4, -0.2) is 22.3 Å². The van der Waals surface area contributed by atoms with Crippen molar-refractivity contribution in [3.63, 3.8) is 0 Å². The molecule has 8 unspecified atom stereocenters. The van der Waals surface area contributed by atoms with Crippen molar-refractivity contribution in [1.82, 2.24) is 0 Å². The number of aliphatic carboxylic acids is 1. The quantitative estimate of drug-likeness (QED) is 0.358. The Morgan fingerprint density at radius 1 is 0.882 bits per heavy atom. The molecule has 8 atom stereocenters. The highest BCUT2D eigenvalue weighted by Gasteiger charge is 2.70. The van der Waals surface area contributed by atoms with Crippen molar-refractivity contribution < 1.29 is 15.0 Å². The zero-order chi connectivity index (χ0) is 25.1. The predicted molar refractivity (Wildman–Crippen MR) is 141 cm³/mol. The molecule has 5 rings (SSSR count). The van der Waals surface area contributed by atoms with Crippen molar-refractivity contribution in [2.75, 3.05) is 0 Å². The molecule has 0 aromatic rings. The number of carbonyl (C=O) groups is 1. The van der Waals surface area contributed by atoms with Crippen molar-refractivity contribution in [2.45, 2.75) is 119 Å². The average molecular weight is 536 g/mol. The number of rotatable bonds is 1. The Balaban J connectivity index is 1.65. The van der Waals surface area contributed by atoms with Crippen LogP contribution in [0, 0.1) is 50.2 Å². The molecule has 3 nitrogen and oxygen atoms in total. The number of fused-ring (bicyclic) bond motifs is 7. The number of halogens is 1. The second kappa shape index (κ2) is 7.36. The summed E-state index contributed by atoms with van der Waals surface area (Å²) in [5.41, 5.74) is 1.41. The van der Waals surface area contributed by atoms with Gasteiger partial charge in [-0.25, -0.2) is 0 Å². The van der Waals surface area contributed by atoms with Gasteiger partial charge in [-0.05, 0) is 119 Å². The molecule has 5 aliphatic carbocycles. The van der Waals surface area contributed by atoms with Crippen LogP contribution in [0.5, 0.6) is 0 Å². The van der Waals surface area contributed by atoms with Crippen LogP contribution in [0.15, 0.2) is 10.1 Å². The second-order valence-electron chi connectivity index (χ2n) is 15.2. The molecule has 0 radical (unpaired) electrons. The summed E-state index contributed by atoms with van der Waals surface area (Å²) < 4.78 is 1.33. The number of aliphatic hydroxyl groups excluding tert-OH is 1. The SMILES string of the molecule is CC1(C)CCC2(C(=O)O)CCC3(C)C(=C(Br)CC4C5(C)CCC(O)C(C)(C)C5CCC43C)C2C1. The lowest BCUT2D eigenvalue weighted by Crippen LogP contribution is -2.65. The Hall–Kier alpha value is -0.350. The van der Waals surface area contributed by atoms with Crippen LogP contribution in [-0.2, 0) is 4.79 Å². The van der Waals surface area contributed by atoms with E-state index in [1.54, 1.807) is 0 Å². The third-order valence-electron chi connectivity index (χ3n) is 13.1. The normalized spacial score (nSPS) is 51.6. The first-order valence-electron chi connectivity index (χ1n) is 13.9. The first-order valence-corrected chi connectivity index (χ1v) is 14.7. The summed E-state index contributed by atoms with van der Waals surface area (Å²) >= 11 is 4.14. The van der Waals surface area contributed by atoms with Gasteiger partial charge in [0.25, 0.3) is 0 Å². The smallest absolute Gasteiger partial charge is 0.310 e. The van der Waals surface area contributed by atoms with Gasteiger partial charge in [0.2, 0.25) is 0 Å². The molecule has 0 heterocycles. The molecule has 5 aliphatic rings. The molecule has 192 valence electrons. The maximum Gasteiger partial charge on any atom is 0.310 e. The summed E-state index contributed by atoms with van der Waals surface area (Å²) in [4.78, 5) is 12.8. The topological polar surface area (TPSA) is 57.5 Å². The molecule has 0 saturated heterocycles. The van der Waals surface area contributed by atoms with Crippen molar-refractivity contribution in [1.29, 1.82) is 0 Å². The molecule has 0 aromatic carbocycles. The summed E-state index contributed by atoms with van der Waals surface area (Å²) in [7, 11) is 0. The standard InChI is InChI=1S/C30H47BrO3/c1-25(2)12-14-30(24(33)34)15-13-29(7)23(18(30)17-25)19(31)16-21-27(5)10-9-22(32)26(3,4)20(27)8-11-28(21,29)6/h18,20-22,32H,8-17H2,1-7H3,(H,33,34). The van der Waals surface area contributed by atoms with Crippen LogP contribution in [0.2, 0.25) is 0 Å². The highest BCUT2D eigenvalue weighted by molar-refractivity contribution is 9.11. The zero-order valence-electron chi connectivity index (χ0n) is 22.6. The van der Waals surface area contributed by atoms with E-state index in [-0.39, 0.29) is 39.1 Å². The van der Waals surface area contributed by atoms with Gasteiger partial charge in [-0.2, -0.15) is 0 Å². The number of hydrogen-bond donors (Lipinski definition) is 2. The van der Waals surface area contributed by atoms with Gasteiger partial charge >= 0.3 is 5.97 Å². The van der Waals surface area contributed by atoms with Crippen LogP contribution in [0.3, 0.4) is 0 Å². The number of aliphatic hydroxyl groups is 1. The number of carboxylic acids is 1. The summed E-state index contributed by atoms with van der Waals surface area (Å²) in [6.07, 6.45) is 9.79. The van der Waals surface area contributed by atoms with E-state index in [9.17, 15) is 15.0 Å². The largest absolute Gasteiger partial charge is 0.481 e. The van der Waals surface area contributed by atoms with E-state index in [0.29, 0.717) is 11.8 Å². The van der Waals surface area contributed by atoms with Crippen LogP contribution < -0.4 is 0 Å². The highest BCUT2D eigenvalue weighted by Crippen LogP contribution is 2.77. The van der Waals surface area contributed by atoms with E-state index in [1.807, 2.05) is 0 Å².